The molecule has 4 rings (SSSR count). The van der Waals surface area contributed by atoms with Gasteiger partial charge in [0.2, 0.25) is 5.91 Å². The summed E-state index contributed by atoms with van der Waals surface area (Å²) in [4.78, 5) is 31.1. The van der Waals surface area contributed by atoms with Gasteiger partial charge < -0.3 is 5.32 Å². The summed E-state index contributed by atoms with van der Waals surface area (Å²) in [5.41, 5.74) is 2.03. The van der Waals surface area contributed by atoms with E-state index in [0.717, 1.165) is 11.1 Å². The molecule has 6 nitrogen and oxygen atoms in total. The third-order valence-electron chi connectivity index (χ3n) is 4.84. The Morgan fingerprint density at radius 3 is 2.78 bits per heavy atom. The van der Waals surface area contributed by atoms with E-state index in [-0.39, 0.29) is 23.8 Å². The van der Waals surface area contributed by atoms with E-state index in [1.807, 2.05) is 23.1 Å². The van der Waals surface area contributed by atoms with Crippen molar-refractivity contribution in [3.63, 3.8) is 0 Å². The van der Waals surface area contributed by atoms with Crippen molar-refractivity contribution >= 4 is 16.8 Å². The minimum Gasteiger partial charge on any atom is -0.358 e. The third-order valence-corrected chi connectivity index (χ3v) is 4.84. The van der Waals surface area contributed by atoms with E-state index in [1.165, 1.54) is 12.1 Å². The van der Waals surface area contributed by atoms with Crippen LogP contribution in [0.25, 0.3) is 22.0 Å². The van der Waals surface area contributed by atoms with E-state index in [9.17, 15) is 14.0 Å². The normalized spacial score (nSPS) is 14.1. The van der Waals surface area contributed by atoms with Crippen LogP contribution in [0, 0.1) is 5.82 Å². The summed E-state index contributed by atoms with van der Waals surface area (Å²) < 4.78 is 15.2. The van der Waals surface area contributed by atoms with Crippen LogP contribution in [0.5, 0.6) is 0 Å². The maximum absolute atomic E-state index is 13.5. The first-order valence-electron chi connectivity index (χ1n) is 8.77. The first-order valence-corrected chi connectivity index (χ1v) is 8.77. The van der Waals surface area contributed by atoms with Gasteiger partial charge in [-0.3, -0.25) is 19.1 Å². The van der Waals surface area contributed by atoms with Crippen LogP contribution in [0.2, 0.25) is 0 Å². The van der Waals surface area contributed by atoms with Gasteiger partial charge in [-0.25, -0.2) is 9.37 Å². The van der Waals surface area contributed by atoms with E-state index in [0.29, 0.717) is 36.4 Å². The number of halogens is 1. The number of carbonyl (C=O) groups excluding carboxylic acids is 1. The molecule has 0 saturated heterocycles. The van der Waals surface area contributed by atoms with Gasteiger partial charge in [0.25, 0.3) is 5.56 Å². The van der Waals surface area contributed by atoms with Crippen LogP contribution in [0.4, 0.5) is 4.39 Å². The van der Waals surface area contributed by atoms with E-state index in [4.69, 9.17) is 0 Å². The number of benzene rings is 2. The second kappa shape index (κ2) is 6.92. The van der Waals surface area contributed by atoms with Crippen molar-refractivity contribution in [2.45, 2.75) is 13.1 Å². The van der Waals surface area contributed by atoms with Crippen LogP contribution in [-0.4, -0.2) is 40.5 Å². The fourth-order valence-electron chi connectivity index (χ4n) is 3.40. The van der Waals surface area contributed by atoms with Crippen LogP contribution in [0.3, 0.4) is 0 Å². The van der Waals surface area contributed by atoms with Gasteiger partial charge >= 0.3 is 0 Å². The highest BCUT2D eigenvalue weighted by molar-refractivity contribution is 5.83. The largest absolute Gasteiger partial charge is 0.358 e. The maximum Gasteiger partial charge on any atom is 0.261 e. The Hall–Kier alpha value is -3.06. The fraction of sp³-hybridized carbons (Fsp3) is 0.250. The average molecular weight is 366 g/mol. The second-order valence-electron chi connectivity index (χ2n) is 6.61. The average Bonchev–Trinajstić information content (AvgIpc) is 2.67. The van der Waals surface area contributed by atoms with Crippen molar-refractivity contribution in [2.75, 3.05) is 20.1 Å². The molecule has 0 radical (unpaired) electrons. The monoisotopic (exact) mass is 366 g/mol. The lowest BCUT2D eigenvalue weighted by molar-refractivity contribution is -0.122. The zero-order chi connectivity index (χ0) is 19.0. The third kappa shape index (κ3) is 3.33. The molecule has 0 aliphatic carbocycles. The Morgan fingerprint density at radius 1 is 1.19 bits per heavy atom. The topological polar surface area (TPSA) is 67.2 Å². The number of aromatic nitrogens is 2. The molecule has 2 aromatic carbocycles. The Kier molecular flexibility index (Phi) is 4.45. The lowest BCUT2D eigenvalue weighted by Gasteiger charge is -2.28. The quantitative estimate of drug-likeness (QED) is 0.767. The van der Waals surface area contributed by atoms with Crippen LogP contribution >= 0.6 is 0 Å². The minimum atomic E-state index is -0.309. The lowest BCUT2D eigenvalue weighted by Crippen LogP contribution is -2.43. The van der Waals surface area contributed by atoms with Gasteiger partial charge in [-0.05, 0) is 35.4 Å². The Morgan fingerprint density at radius 2 is 2.00 bits per heavy atom. The van der Waals surface area contributed by atoms with Gasteiger partial charge in [0, 0.05) is 20.1 Å². The summed E-state index contributed by atoms with van der Waals surface area (Å²) in [5.74, 6) is 0.259. The van der Waals surface area contributed by atoms with Gasteiger partial charge in [0.05, 0.1) is 24.0 Å². The molecule has 1 aliphatic rings. The van der Waals surface area contributed by atoms with Gasteiger partial charge in [0.15, 0.2) is 0 Å². The molecule has 0 atom stereocenters. The zero-order valence-electron chi connectivity index (χ0n) is 14.9. The summed E-state index contributed by atoms with van der Waals surface area (Å²) in [6, 6.07) is 11.7. The predicted octanol–water partition coefficient (Wildman–Crippen LogP) is 1.76. The number of amides is 1. The van der Waals surface area contributed by atoms with E-state index >= 15 is 0 Å². The number of likely N-dealkylation sites (N-methyl/N-ethyl adjacent to an activating group) is 1. The standard InChI is InChI=1S/C20H19FN4O2/c1-22-19(26)12-24-7-8-25-18(11-24)23-17-10-14(5-6-16(17)20(25)27)13-3-2-4-15(21)9-13/h2-6,9-10H,7-8,11-12H2,1H3,(H,22,26). The van der Waals surface area contributed by atoms with Crippen LogP contribution < -0.4 is 10.9 Å². The Labute approximate surface area is 155 Å². The molecule has 0 unspecified atom stereocenters. The van der Waals surface area contributed by atoms with E-state index in [1.54, 1.807) is 23.7 Å². The van der Waals surface area contributed by atoms with E-state index in [2.05, 4.69) is 10.3 Å². The van der Waals surface area contributed by atoms with Gasteiger partial charge in [-0.1, -0.05) is 18.2 Å². The van der Waals surface area contributed by atoms with Crippen molar-refractivity contribution in [1.82, 2.24) is 19.8 Å². The minimum absolute atomic E-state index is 0.0695. The molecule has 27 heavy (non-hydrogen) atoms. The number of fused-ring (bicyclic) bond motifs is 2. The summed E-state index contributed by atoms with van der Waals surface area (Å²) in [6.07, 6.45) is 0. The summed E-state index contributed by atoms with van der Waals surface area (Å²) in [7, 11) is 1.60. The first kappa shape index (κ1) is 17.4. The molecule has 7 heteroatoms. The molecule has 0 spiro atoms. The van der Waals surface area contributed by atoms with Crippen molar-refractivity contribution in [1.29, 1.82) is 0 Å². The highest BCUT2D eigenvalue weighted by atomic mass is 19.1. The van der Waals surface area contributed by atoms with Gasteiger partial charge in [-0.15, -0.1) is 0 Å². The zero-order valence-corrected chi connectivity index (χ0v) is 14.9. The number of nitrogens with zero attached hydrogens (tertiary/aromatic N) is 3. The number of rotatable bonds is 3. The predicted molar refractivity (Wildman–Crippen MR) is 101 cm³/mol. The molecule has 138 valence electrons. The molecular weight excluding hydrogens is 347 g/mol. The smallest absolute Gasteiger partial charge is 0.261 e. The maximum atomic E-state index is 13.5. The Balaban J connectivity index is 1.75. The van der Waals surface area contributed by atoms with Crippen LogP contribution in [0.1, 0.15) is 5.82 Å². The fourth-order valence-corrected chi connectivity index (χ4v) is 3.40. The highest BCUT2D eigenvalue weighted by Gasteiger charge is 2.21. The number of nitrogens with one attached hydrogen (secondary N) is 1. The van der Waals surface area contributed by atoms with Gasteiger partial charge in [0.1, 0.15) is 11.6 Å². The molecule has 1 aromatic heterocycles. The molecule has 1 aliphatic heterocycles. The van der Waals surface area contributed by atoms with Crippen molar-refractivity contribution in [3.8, 4) is 11.1 Å². The molecule has 1 N–H and O–H groups in total. The molecule has 3 aromatic rings. The van der Waals surface area contributed by atoms with Crippen molar-refractivity contribution in [2.24, 2.45) is 0 Å². The second-order valence-corrected chi connectivity index (χ2v) is 6.61. The number of hydrogen-bond acceptors (Lipinski definition) is 4. The van der Waals surface area contributed by atoms with Crippen LogP contribution in [-0.2, 0) is 17.9 Å². The Bertz CT molecular complexity index is 1090. The first-order chi connectivity index (χ1) is 13.0. The highest BCUT2D eigenvalue weighted by Crippen LogP contribution is 2.23. The lowest BCUT2D eigenvalue weighted by atomic mass is 10.0. The van der Waals surface area contributed by atoms with Crippen molar-refractivity contribution < 1.29 is 9.18 Å². The molecule has 0 fully saturated rings. The number of hydrogen-bond donors (Lipinski definition) is 1. The summed E-state index contributed by atoms with van der Waals surface area (Å²) in [5, 5.41) is 3.15. The van der Waals surface area contributed by atoms with Gasteiger partial charge in [-0.2, -0.15) is 0 Å². The number of carbonyl (C=O) groups is 1. The molecule has 2 heterocycles. The molecular formula is C20H19FN4O2. The van der Waals surface area contributed by atoms with Crippen LogP contribution in [0.15, 0.2) is 47.3 Å². The molecule has 0 saturated carbocycles. The van der Waals surface area contributed by atoms with Crippen molar-refractivity contribution in [3.05, 3.63) is 64.5 Å². The van der Waals surface area contributed by atoms with E-state index < -0.39 is 0 Å². The summed E-state index contributed by atoms with van der Waals surface area (Å²) >= 11 is 0. The molecule has 1 amide bonds. The SMILES string of the molecule is CNC(=O)CN1CCn2c(nc3cc(-c4cccc(F)c4)ccc3c2=O)C1. The summed E-state index contributed by atoms with van der Waals surface area (Å²) in [6.45, 7) is 1.82. The molecule has 0 bridgehead atoms.